The standard InChI is InChI=1S/C15H24N2O4/c1-3-4-8-21-11-14(18)10-16-9-13-6-5-7-15(12(13)2)17(19)20/h5-7,14,16,18H,3-4,8-11H2,1-2H3. The number of aliphatic hydroxyl groups excluding tert-OH is 1. The van der Waals surface area contributed by atoms with Gasteiger partial charge in [-0.3, -0.25) is 10.1 Å². The number of hydrogen-bond acceptors (Lipinski definition) is 5. The normalized spacial score (nSPS) is 12.3. The Morgan fingerprint density at radius 2 is 2.24 bits per heavy atom. The van der Waals surface area contributed by atoms with Gasteiger partial charge in [0.25, 0.3) is 5.69 Å². The minimum Gasteiger partial charge on any atom is -0.389 e. The first kappa shape index (κ1) is 17.6. The highest BCUT2D eigenvalue weighted by atomic mass is 16.6. The number of nitro groups is 1. The van der Waals surface area contributed by atoms with E-state index >= 15 is 0 Å². The maximum Gasteiger partial charge on any atom is 0.272 e. The van der Waals surface area contributed by atoms with E-state index in [0.717, 1.165) is 18.4 Å². The lowest BCUT2D eigenvalue weighted by atomic mass is 10.1. The van der Waals surface area contributed by atoms with Gasteiger partial charge in [-0.05, 0) is 18.9 Å². The lowest BCUT2D eigenvalue weighted by Gasteiger charge is -2.13. The van der Waals surface area contributed by atoms with Crippen LogP contribution in [0.4, 0.5) is 5.69 Å². The number of nitrogens with one attached hydrogen (secondary N) is 1. The van der Waals surface area contributed by atoms with Crippen molar-refractivity contribution < 1.29 is 14.8 Å². The van der Waals surface area contributed by atoms with Gasteiger partial charge < -0.3 is 15.2 Å². The molecule has 0 aliphatic carbocycles. The maximum atomic E-state index is 10.9. The molecule has 0 heterocycles. The molecule has 1 unspecified atom stereocenters. The Morgan fingerprint density at radius 3 is 2.90 bits per heavy atom. The lowest BCUT2D eigenvalue weighted by molar-refractivity contribution is -0.385. The minimum absolute atomic E-state index is 0.123. The summed E-state index contributed by atoms with van der Waals surface area (Å²) in [6, 6.07) is 5.02. The van der Waals surface area contributed by atoms with Crippen LogP contribution in [0.15, 0.2) is 18.2 Å². The largest absolute Gasteiger partial charge is 0.389 e. The molecular weight excluding hydrogens is 272 g/mol. The molecule has 0 bridgehead atoms. The average molecular weight is 296 g/mol. The topological polar surface area (TPSA) is 84.6 Å². The molecular formula is C15H24N2O4. The second kappa shape index (κ2) is 9.44. The predicted octanol–water partition coefficient (Wildman–Crippen LogP) is 2.17. The molecule has 0 saturated heterocycles. The van der Waals surface area contributed by atoms with Crippen molar-refractivity contribution in [2.24, 2.45) is 0 Å². The van der Waals surface area contributed by atoms with Gasteiger partial charge in [-0.1, -0.05) is 25.5 Å². The Hall–Kier alpha value is -1.50. The third-order valence-corrected chi connectivity index (χ3v) is 3.26. The van der Waals surface area contributed by atoms with Crippen LogP contribution in [0.25, 0.3) is 0 Å². The first-order chi connectivity index (χ1) is 10.1. The van der Waals surface area contributed by atoms with Crippen LogP contribution >= 0.6 is 0 Å². The first-order valence-electron chi connectivity index (χ1n) is 7.25. The zero-order valence-corrected chi connectivity index (χ0v) is 12.7. The number of benzene rings is 1. The van der Waals surface area contributed by atoms with Gasteiger partial charge in [0.05, 0.1) is 17.6 Å². The van der Waals surface area contributed by atoms with E-state index in [1.165, 1.54) is 6.07 Å². The molecule has 0 aliphatic rings. The van der Waals surface area contributed by atoms with E-state index in [4.69, 9.17) is 4.74 Å². The molecule has 2 N–H and O–H groups in total. The van der Waals surface area contributed by atoms with Crippen molar-refractivity contribution >= 4 is 5.69 Å². The number of rotatable bonds is 10. The third kappa shape index (κ3) is 6.20. The monoisotopic (exact) mass is 296 g/mol. The maximum absolute atomic E-state index is 10.9. The van der Waals surface area contributed by atoms with Gasteiger partial charge in [0.2, 0.25) is 0 Å². The second-order valence-electron chi connectivity index (χ2n) is 5.03. The van der Waals surface area contributed by atoms with Crippen molar-refractivity contribution in [2.75, 3.05) is 19.8 Å². The van der Waals surface area contributed by atoms with Gasteiger partial charge in [0.1, 0.15) is 0 Å². The quantitative estimate of drug-likeness (QED) is 0.393. The van der Waals surface area contributed by atoms with E-state index in [2.05, 4.69) is 12.2 Å². The highest BCUT2D eigenvalue weighted by Gasteiger charge is 2.13. The molecule has 0 spiro atoms. The summed E-state index contributed by atoms with van der Waals surface area (Å²) in [6.45, 7) is 5.68. The fraction of sp³-hybridized carbons (Fsp3) is 0.600. The number of nitrogens with zero attached hydrogens (tertiary/aromatic N) is 1. The van der Waals surface area contributed by atoms with Crippen molar-refractivity contribution in [3.05, 3.63) is 39.4 Å². The Kier molecular flexibility index (Phi) is 7.89. The summed E-state index contributed by atoms with van der Waals surface area (Å²) >= 11 is 0. The molecule has 118 valence electrons. The molecule has 0 aromatic heterocycles. The molecule has 21 heavy (non-hydrogen) atoms. The van der Waals surface area contributed by atoms with E-state index in [0.29, 0.717) is 31.9 Å². The summed E-state index contributed by atoms with van der Waals surface area (Å²) in [5.74, 6) is 0. The Morgan fingerprint density at radius 1 is 1.48 bits per heavy atom. The van der Waals surface area contributed by atoms with Crippen LogP contribution in [0.5, 0.6) is 0 Å². The van der Waals surface area contributed by atoms with Crippen molar-refractivity contribution in [3.63, 3.8) is 0 Å². The minimum atomic E-state index is -0.569. The zero-order chi connectivity index (χ0) is 15.7. The lowest BCUT2D eigenvalue weighted by Crippen LogP contribution is -2.30. The Labute approximate surface area is 125 Å². The van der Waals surface area contributed by atoms with Crippen molar-refractivity contribution in [1.29, 1.82) is 0 Å². The fourth-order valence-corrected chi connectivity index (χ4v) is 1.96. The van der Waals surface area contributed by atoms with E-state index in [9.17, 15) is 15.2 Å². The fourth-order valence-electron chi connectivity index (χ4n) is 1.96. The molecule has 0 saturated carbocycles. The summed E-state index contributed by atoms with van der Waals surface area (Å²) < 4.78 is 5.33. The highest BCUT2D eigenvalue weighted by Crippen LogP contribution is 2.20. The SMILES string of the molecule is CCCCOCC(O)CNCc1cccc([N+](=O)[O-])c1C. The molecule has 0 fully saturated rings. The Bertz CT molecular complexity index is 451. The first-order valence-corrected chi connectivity index (χ1v) is 7.25. The van der Waals surface area contributed by atoms with Crippen molar-refractivity contribution in [1.82, 2.24) is 5.32 Å². The number of unbranched alkanes of at least 4 members (excludes halogenated alkanes) is 1. The zero-order valence-electron chi connectivity index (χ0n) is 12.7. The number of hydrogen-bond donors (Lipinski definition) is 2. The molecule has 0 amide bonds. The summed E-state index contributed by atoms with van der Waals surface area (Å²) in [6.07, 6.45) is 1.49. The smallest absolute Gasteiger partial charge is 0.272 e. The van der Waals surface area contributed by atoms with E-state index in [-0.39, 0.29) is 10.6 Å². The van der Waals surface area contributed by atoms with Crippen LogP contribution in [0.1, 0.15) is 30.9 Å². The summed E-state index contributed by atoms with van der Waals surface area (Å²) in [5, 5.41) is 23.7. The summed E-state index contributed by atoms with van der Waals surface area (Å²) in [4.78, 5) is 10.5. The van der Waals surface area contributed by atoms with Crippen molar-refractivity contribution in [2.45, 2.75) is 39.3 Å². The van der Waals surface area contributed by atoms with Crippen LogP contribution in [-0.4, -0.2) is 35.9 Å². The number of ether oxygens (including phenoxy) is 1. The van der Waals surface area contributed by atoms with Crippen LogP contribution in [0.2, 0.25) is 0 Å². The van der Waals surface area contributed by atoms with Crippen LogP contribution in [-0.2, 0) is 11.3 Å². The summed E-state index contributed by atoms with van der Waals surface area (Å²) in [7, 11) is 0. The van der Waals surface area contributed by atoms with Gasteiger partial charge in [-0.2, -0.15) is 0 Å². The van der Waals surface area contributed by atoms with Crippen LogP contribution < -0.4 is 5.32 Å². The van der Waals surface area contributed by atoms with Gasteiger partial charge in [-0.15, -0.1) is 0 Å². The van der Waals surface area contributed by atoms with Gasteiger partial charge >= 0.3 is 0 Å². The molecule has 6 heteroatoms. The molecule has 1 aromatic rings. The molecule has 0 radical (unpaired) electrons. The molecule has 1 atom stereocenters. The Balaban J connectivity index is 2.35. The molecule has 1 aromatic carbocycles. The van der Waals surface area contributed by atoms with Gasteiger partial charge in [0.15, 0.2) is 0 Å². The van der Waals surface area contributed by atoms with Gasteiger partial charge in [-0.25, -0.2) is 0 Å². The van der Waals surface area contributed by atoms with Crippen LogP contribution in [0.3, 0.4) is 0 Å². The van der Waals surface area contributed by atoms with Crippen LogP contribution in [0, 0.1) is 17.0 Å². The van der Waals surface area contributed by atoms with E-state index < -0.39 is 6.10 Å². The third-order valence-electron chi connectivity index (χ3n) is 3.26. The molecule has 1 rings (SSSR count). The number of aliphatic hydroxyl groups is 1. The molecule has 0 aliphatic heterocycles. The van der Waals surface area contributed by atoms with E-state index in [1.807, 2.05) is 6.07 Å². The van der Waals surface area contributed by atoms with Gasteiger partial charge in [0, 0.05) is 31.3 Å². The van der Waals surface area contributed by atoms with E-state index in [1.54, 1.807) is 13.0 Å². The molecule has 6 nitrogen and oxygen atoms in total. The highest BCUT2D eigenvalue weighted by molar-refractivity contribution is 5.44. The second-order valence-corrected chi connectivity index (χ2v) is 5.03. The van der Waals surface area contributed by atoms with Crippen molar-refractivity contribution in [3.8, 4) is 0 Å². The number of nitro benzene ring substituents is 1. The summed E-state index contributed by atoms with van der Waals surface area (Å²) in [5.41, 5.74) is 1.64. The average Bonchev–Trinajstić information content (AvgIpc) is 2.45. The predicted molar refractivity (Wildman–Crippen MR) is 81.3 cm³/mol.